The molecule has 10 aromatic rings. The third-order valence-electron chi connectivity index (χ3n) is 12.1. The van der Waals surface area contributed by atoms with Crippen LogP contribution in [-0.2, 0) is 5.41 Å². The van der Waals surface area contributed by atoms with Gasteiger partial charge in [-0.25, -0.2) is 0 Å². The van der Waals surface area contributed by atoms with Crippen molar-refractivity contribution in [3.63, 3.8) is 0 Å². The van der Waals surface area contributed by atoms with Crippen LogP contribution in [0.15, 0.2) is 200 Å². The van der Waals surface area contributed by atoms with E-state index in [9.17, 15) is 0 Å². The molecule has 0 aliphatic heterocycles. The maximum atomic E-state index is 2.47. The zero-order chi connectivity index (χ0) is 38.1. The van der Waals surface area contributed by atoms with Crippen molar-refractivity contribution in [3.8, 4) is 44.5 Å². The molecule has 0 unspecified atom stereocenters. The second kappa shape index (κ2) is 13.2. The van der Waals surface area contributed by atoms with Crippen LogP contribution in [-0.4, -0.2) is 0 Å². The Balaban J connectivity index is 1.07. The Morgan fingerprint density at radius 3 is 1.74 bits per heavy atom. The van der Waals surface area contributed by atoms with E-state index in [0.717, 1.165) is 17.1 Å². The summed E-state index contributed by atoms with van der Waals surface area (Å²) in [5, 5.41) is 5.10. The van der Waals surface area contributed by atoms with Crippen LogP contribution in [0.1, 0.15) is 25.0 Å². The molecule has 0 saturated carbocycles. The highest BCUT2D eigenvalue weighted by molar-refractivity contribution is 7.26. The summed E-state index contributed by atoms with van der Waals surface area (Å²) >= 11 is 1.90. The molecule has 0 bridgehead atoms. The minimum atomic E-state index is -0.207. The second-order valence-corrected chi connectivity index (χ2v) is 16.8. The lowest BCUT2D eigenvalue weighted by Crippen LogP contribution is -2.17. The molecule has 1 aromatic heterocycles. The summed E-state index contributed by atoms with van der Waals surface area (Å²) in [4.78, 5) is 2.47. The van der Waals surface area contributed by atoms with Gasteiger partial charge in [0.2, 0.25) is 0 Å². The van der Waals surface area contributed by atoms with E-state index in [1.54, 1.807) is 0 Å². The molecule has 0 saturated heterocycles. The highest BCUT2D eigenvalue weighted by atomic mass is 32.1. The SMILES string of the molecule is CC1(C)c2cc(-c3cccc4c3sc3ccccc34)ccc2-c2ccc(N(c3ccc(-c4ccccc4)cc3)c3cc(-c4ccccc4)cc4ccccc34)cc21. The molecular formula is C55H39NS. The van der Waals surface area contributed by atoms with Crippen molar-refractivity contribution < 1.29 is 0 Å². The fraction of sp³-hybridized carbons (Fsp3) is 0.0545. The number of benzene rings is 9. The molecule has 1 nitrogen and oxygen atoms in total. The highest BCUT2D eigenvalue weighted by Gasteiger charge is 2.36. The third kappa shape index (κ3) is 5.51. The molecule has 57 heavy (non-hydrogen) atoms. The fourth-order valence-corrected chi connectivity index (χ4v) is 10.4. The van der Waals surface area contributed by atoms with Crippen molar-refractivity contribution in [2.45, 2.75) is 19.3 Å². The Hall–Kier alpha value is -6.74. The first-order chi connectivity index (χ1) is 28.0. The minimum Gasteiger partial charge on any atom is -0.310 e. The Morgan fingerprint density at radius 1 is 0.386 bits per heavy atom. The molecule has 1 aliphatic rings. The van der Waals surface area contributed by atoms with Gasteiger partial charge < -0.3 is 4.90 Å². The average Bonchev–Trinajstić information content (AvgIpc) is 3.76. The molecule has 0 spiro atoms. The van der Waals surface area contributed by atoms with E-state index in [2.05, 4.69) is 219 Å². The van der Waals surface area contributed by atoms with Crippen LogP contribution >= 0.6 is 11.3 Å². The van der Waals surface area contributed by atoms with Gasteiger partial charge in [0.25, 0.3) is 0 Å². The van der Waals surface area contributed by atoms with E-state index in [-0.39, 0.29) is 5.41 Å². The summed E-state index contributed by atoms with van der Waals surface area (Å²) in [5.74, 6) is 0. The second-order valence-electron chi connectivity index (χ2n) is 15.7. The third-order valence-corrected chi connectivity index (χ3v) is 13.3. The van der Waals surface area contributed by atoms with Gasteiger partial charge in [-0.1, -0.05) is 166 Å². The van der Waals surface area contributed by atoms with Crippen LogP contribution in [0.25, 0.3) is 75.5 Å². The maximum Gasteiger partial charge on any atom is 0.0546 e. The summed E-state index contributed by atoms with van der Waals surface area (Å²) in [6.07, 6.45) is 0. The molecule has 270 valence electrons. The van der Waals surface area contributed by atoms with Gasteiger partial charge in [-0.2, -0.15) is 0 Å². The molecule has 9 aromatic carbocycles. The first-order valence-corrected chi connectivity index (χ1v) is 20.6. The zero-order valence-electron chi connectivity index (χ0n) is 31.9. The van der Waals surface area contributed by atoms with Crippen LogP contribution < -0.4 is 4.90 Å². The van der Waals surface area contributed by atoms with Crippen LogP contribution in [0, 0.1) is 0 Å². The van der Waals surface area contributed by atoms with Gasteiger partial charge >= 0.3 is 0 Å². The number of rotatable bonds is 6. The number of hydrogen-bond acceptors (Lipinski definition) is 2. The molecule has 1 aliphatic carbocycles. The molecule has 0 fully saturated rings. The number of fused-ring (bicyclic) bond motifs is 7. The summed E-state index contributed by atoms with van der Waals surface area (Å²) in [6, 6.07) is 73.8. The molecular weight excluding hydrogens is 707 g/mol. The minimum absolute atomic E-state index is 0.207. The molecule has 2 heteroatoms. The zero-order valence-corrected chi connectivity index (χ0v) is 32.7. The lowest BCUT2D eigenvalue weighted by molar-refractivity contribution is 0.660. The fourth-order valence-electron chi connectivity index (χ4n) is 9.14. The van der Waals surface area contributed by atoms with Crippen molar-refractivity contribution in [2.24, 2.45) is 0 Å². The smallest absolute Gasteiger partial charge is 0.0546 e. The maximum absolute atomic E-state index is 2.47. The predicted octanol–water partition coefficient (Wildman–Crippen LogP) is 16.0. The van der Waals surface area contributed by atoms with Gasteiger partial charge in [0.1, 0.15) is 0 Å². The van der Waals surface area contributed by atoms with Crippen molar-refractivity contribution in [3.05, 3.63) is 211 Å². The van der Waals surface area contributed by atoms with Crippen molar-refractivity contribution in [1.82, 2.24) is 0 Å². The Labute approximate surface area is 337 Å². The monoisotopic (exact) mass is 745 g/mol. The average molecular weight is 746 g/mol. The Morgan fingerprint density at radius 2 is 0.965 bits per heavy atom. The van der Waals surface area contributed by atoms with Crippen LogP contribution in [0.4, 0.5) is 17.1 Å². The molecule has 0 radical (unpaired) electrons. The van der Waals surface area contributed by atoms with Gasteiger partial charge in [-0.15, -0.1) is 11.3 Å². The van der Waals surface area contributed by atoms with Gasteiger partial charge in [0.05, 0.1) is 5.69 Å². The summed E-state index contributed by atoms with van der Waals surface area (Å²) in [5.41, 5.74) is 16.0. The molecule has 0 atom stereocenters. The van der Waals surface area contributed by atoms with E-state index in [0.29, 0.717) is 0 Å². The lowest BCUT2D eigenvalue weighted by atomic mass is 9.81. The molecule has 1 heterocycles. The Bertz CT molecular complexity index is 3140. The number of hydrogen-bond donors (Lipinski definition) is 0. The Kier molecular flexibility index (Phi) is 7.77. The van der Waals surface area contributed by atoms with E-state index >= 15 is 0 Å². The van der Waals surface area contributed by atoms with E-state index in [1.165, 1.54) is 86.6 Å². The molecule has 0 amide bonds. The standard InChI is InChI=1S/C55H39NS/c1-55(2)50-33-40(45-21-13-22-49-48-20-11-12-23-53(48)57-54(45)49)26-30-46(50)47-31-29-43(35-51(47)55)56(42-27-24-38(25-28-42)36-14-5-3-6-15-36)52-34-41(37-16-7-4-8-17-37)32-39-18-9-10-19-44(39)52/h3-35H,1-2H3. The highest BCUT2D eigenvalue weighted by Crippen LogP contribution is 2.53. The number of thiophene rings is 1. The molecule has 0 N–H and O–H groups in total. The predicted molar refractivity (Wildman–Crippen MR) is 245 cm³/mol. The van der Waals surface area contributed by atoms with E-state index in [1.807, 2.05) is 11.3 Å². The van der Waals surface area contributed by atoms with Gasteiger partial charge in [-0.05, 0) is 110 Å². The van der Waals surface area contributed by atoms with Crippen LogP contribution in [0.5, 0.6) is 0 Å². The normalized spacial score (nSPS) is 12.9. The quantitative estimate of drug-likeness (QED) is 0.164. The largest absolute Gasteiger partial charge is 0.310 e. The van der Waals surface area contributed by atoms with E-state index < -0.39 is 0 Å². The summed E-state index contributed by atoms with van der Waals surface area (Å²) in [7, 11) is 0. The van der Waals surface area contributed by atoms with Crippen molar-refractivity contribution in [2.75, 3.05) is 4.90 Å². The summed E-state index contributed by atoms with van der Waals surface area (Å²) < 4.78 is 2.69. The van der Waals surface area contributed by atoms with Gasteiger partial charge in [0.15, 0.2) is 0 Å². The topological polar surface area (TPSA) is 3.24 Å². The van der Waals surface area contributed by atoms with Crippen molar-refractivity contribution in [1.29, 1.82) is 0 Å². The van der Waals surface area contributed by atoms with Crippen molar-refractivity contribution >= 4 is 59.3 Å². The van der Waals surface area contributed by atoms with Gasteiger partial charge in [0, 0.05) is 42.3 Å². The van der Waals surface area contributed by atoms with E-state index in [4.69, 9.17) is 0 Å². The van der Waals surface area contributed by atoms with Gasteiger partial charge in [-0.3, -0.25) is 0 Å². The number of anilines is 3. The lowest BCUT2D eigenvalue weighted by Gasteiger charge is -2.30. The first kappa shape index (κ1) is 33.6. The molecule has 11 rings (SSSR count). The summed E-state index contributed by atoms with van der Waals surface area (Å²) in [6.45, 7) is 4.80. The van der Waals surface area contributed by atoms with Crippen LogP contribution in [0.3, 0.4) is 0 Å². The van der Waals surface area contributed by atoms with Crippen LogP contribution in [0.2, 0.25) is 0 Å². The first-order valence-electron chi connectivity index (χ1n) is 19.8. The number of nitrogens with zero attached hydrogens (tertiary/aromatic N) is 1.